The van der Waals surface area contributed by atoms with Crippen LogP contribution in [0.5, 0.6) is 5.75 Å². The van der Waals surface area contributed by atoms with Crippen LogP contribution in [-0.4, -0.2) is 27.5 Å². The third kappa shape index (κ3) is 4.23. The summed E-state index contributed by atoms with van der Waals surface area (Å²) in [5.41, 5.74) is -0.976. The lowest BCUT2D eigenvalue weighted by Crippen LogP contribution is -2.51. The molecular weight excluding hydrogens is 450 g/mol. The van der Waals surface area contributed by atoms with E-state index in [0.29, 0.717) is 15.9 Å². The molecule has 0 aliphatic rings. The van der Waals surface area contributed by atoms with Crippen LogP contribution in [-0.2, 0) is 11.4 Å². The van der Waals surface area contributed by atoms with Crippen molar-refractivity contribution in [2.45, 2.75) is 32.4 Å². The van der Waals surface area contributed by atoms with E-state index in [-0.39, 0.29) is 29.0 Å². The van der Waals surface area contributed by atoms with Crippen LogP contribution in [0.25, 0.3) is 21.0 Å². The van der Waals surface area contributed by atoms with Crippen molar-refractivity contribution in [2.24, 2.45) is 0 Å². The zero-order chi connectivity index (χ0) is 23.8. The van der Waals surface area contributed by atoms with Crippen LogP contribution < -0.4 is 10.1 Å². The fourth-order valence-electron chi connectivity index (χ4n) is 3.37. The number of aromatic nitrogens is 1. The molecular formula is C24H20F2N2O4S. The van der Waals surface area contributed by atoms with Crippen molar-refractivity contribution in [3.05, 3.63) is 70.7 Å². The van der Waals surface area contributed by atoms with E-state index in [0.717, 1.165) is 22.8 Å². The smallest absolute Gasteiger partial charge is 0.329 e. The van der Waals surface area contributed by atoms with Gasteiger partial charge in [-0.15, -0.1) is 11.3 Å². The third-order valence-corrected chi connectivity index (χ3v) is 6.56. The van der Waals surface area contributed by atoms with Crippen molar-refractivity contribution in [2.75, 3.05) is 0 Å². The summed E-state index contributed by atoms with van der Waals surface area (Å²) in [6, 6.07) is 13.0. The summed E-state index contributed by atoms with van der Waals surface area (Å²) in [6.07, 6.45) is 0.186. The van der Waals surface area contributed by atoms with E-state index in [1.54, 1.807) is 31.2 Å². The molecule has 1 atom stereocenters. The number of carboxylic acids is 1. The molecule has 0 aliphatic carbocycles. The summed E-state index contributed by atoms with van der Waals surface area (Å²) < 4.78 is 33.7. The number of halogens is 2. The number of benzene rings is 3. The Hall–Kier alpha value is -3.59. The zero-order valence-corrected chi connectivity index (χ0v) is 18.6. The van der Waals surface area contributed by atoms with Gasteiger partial charge in [-0.05, 0) is 36.9 Å². The summed E-state index contributed by atoms with van der Waals surface area (Å²) in [5, 5.41) is 14.0. The fraction of sp³-hybridized carbons (Fsp3) is 0.208. The van der Waals surface area contributed by atoms with E-state index in [9.17, 15) is 23.5 Å². The molecule has 0 radical (unpaired) electrons. The predicted octanol–water partition coefficient (Wildman–Crippen LogP) is 5.29. The Kier molecular flexibility index (Phi) is 5.99. The molecule has 33 heavy (non-hydrogen) atoms. The summed E-state index contributed by atoms with van der Waals surface area (Å²) in [4.78, 5) is 29.0. The molecule has 0 saturated heterocycles. The van der Waals surface area contributed by atoms with Gasteiger partial charge < -0.3 is 15.2 Å². The van der Waals surface area contributed by atoms with Gasteiger partial charge in [-0.2, -0.15) is 0 Å². The van der Waals surface area contributed by atoms with Gasteiger partial charge in [-0.3, -0.25) is 4.79 Å². The van der Waals surface area contributed by atoms with Crippen LogP contribution in [0.15, 0.2) is 48.5 Å². The van der Waals surface area contributed by atoms with Crippen LogP contribution in [0.4, 0.5) is 8.78 Å². The number of hydrogen-bond donors (Lipinski definition) is 2. The summed E-state index contributed by atoms with van der Waals surface area (Å²) >= 11 is 0.965. The normalized spacial score (nSPS) is 13.1. The number of thiazole rings is 1. The van der Waals surface area contributed by atoms with Crippen molar-refractivity contribution in [3.8, 4) is 5.75 Å². The standard InChI is InChI=1S/C24H20F2N2O4S/c1-3-24(2,23(30)31)28-22(29)15-9-8-13-6-4-5-7-14(13)20(15)32-12-18-27-17-11-10-16(25)19(26)21(17)33-18/h4-11H,3,12H2,1-2H3,(H,28,29)(H,30,31). The second-order valence-electron chi connectivity index (χ2n) is 7.71. The fourth-order valence-corrected chi connectivity index (χ4v) is 4.27. The van der Waals surface area contributed by atoms with E-state index in [2.05, 4.69) is 10.3 Å². The molecule has 0 fully saturated rings. The molecule has 3 aromatic carbocycles. The van der Waals surface area contributed by atoms with Crippen LogP contribution in [0, 0.1) is 11.6 Å². The average molecular weight is 470 g/mol. The maximum Gasteiger partial charge on any atom is 0.329 e. The second-order valence-corrected chi connectivity index (χ2v) is 8.80. The molecule has 0 bridgehead atoms. The predicted molar refractivity (Wildman–Crippen MR) is 122 cm³/mol. The van der Waals surface area contributed by atoms with Crippen LogP contribution in [0.3, 0.4) is 0 Å². The molecule has 6 nitrogen and oxygen atoms in total. The first-order chi connectivity index (χ1) is 15.7. The van der Waals surface area contributed by atoms with Gasteiger partial charge in [0, 0.05) is 5.39 Å². The number of carboxylic acid groups (broad SMARTS) is 1. The number of ether oxygens (including phenoxy) is 1. The monoisotopic (exact) mass is 470 g/mol. The molecule has 2 N–H and O–H groups in total. The van der Waals surface area contributed by atoms with Gasteiger partial charge in [0.05, 0.1) is 15.8 Å². The minimum absolute atomic E-state index is 0.0847. The van der Waals surface area contributed by atoms with Crippen molar-refractivity contribution in [3.63, 3.8) is 0 Å². The topological polar surface area (TPSA) is 88.5 Å². The van der Waals surface area contributed by atoms with E-state index < -0.39 is 29.0 Å². The molecule has 0 spiro atoms. The Morgan fingerprint density at radius 2 is 1.91 bits per heavy atom. The number of hydrogen-bond acceptors (Lipinski definition) is 5. The minimum atomic E-state index is -1.45. The Morgan fingerprint density at radius 1 is 1.15 bits per heavy atom. The van der Waals surface area contributed by atoms with Gasteiger partial charge in [0.25, 0.3) is 5.91 Å². The van der Waals surface area contributed by atoms with E-state index in [1.807, 2.05) is 12.1 Å². The molecule has 1 amide bonds. The number of carbonyl (C=O) groups is 2. The highest BCUT2D eigenvalue weighted by Crippen LogP contribution is 2.33. The summed E-state index contributed by atoms with van der Waals surface area (Å²) in [5.74, 6) is -3.41. The lowest BCUT2D eigenvalue weighted by atomic mass is 9.97. The average Bonchev–Trinajstić information content (AvgIpc) is 3.23. The number of rotatable bonds is 7. The first kappa shape index (κ1) is 22.6. The molecule has 1 heterocycles. The first-order valence-electron chi connectivity index (χ1n) is 10.2. The number of carbonyl (C=O) groups excluding carboxylic acids is 1. The lowest BCUT2D eigenvalue weighted by molar-refractivity contribution is -0.143. The van der Waals surface area contributed by atoms with Crippen molar-refractivity contribution in [1.82, 2.24) is 10.3 Å². The Balaban J connectivity index is 1.71. The molecule has 9 heteroatoms. The molecule has 4 rings (SSSR count). The van der Waals surface area contributed by atoms with Crippen molar-refractivity contribution >= 4 is 44.2 Å². The summed E-state index contributed by atoms with van der Waals surface area (Å²) in [6.45, 7) is 3.02. The maximum atomic E-state index is 14.1. The van der Waals surface area contributed by atoms with E-state index in [1.165, 1.54) is 13.0 Å². The van der Waals surface area contributed by atoms with E-state index in [4.69, 9.17) is 4.74 Å². The van der Waals surface area contributed by atoms with Gasteiger partial charge in [-0.25, -0.2) is 18.6 Å². The minimum Gasteiger partial charge on any atom is -0.485 e. The SMILES string of the molecule is CCC(C)(NC(=O)c1ccc2ccccc2c1OCc1nc2ccc(F)c(F)c2s1)C(=O)O. The highest BCUT2D eigenvalue weighted by molar-refractivity contribution is 7.18. The quantitative estimate of drug-likeness (QED) is 0.383. The molecule has 4 aromatic rings. The highest BCUT2D eigenvalue weighted by Gasteiger charge is 2.34. The van der Waals surface area contributed by atoms with Gasteiger partial charge in [0.2, 0.25) is 0 Å². The molecule has 0 aliphatic heterocycles. The van der Waals surface area contributed by atoms with Crippen molar-refractivity contribution < 1.29 is 28.2 Å². The van der Waals surface area contributed by atoms with Gasteiger partial charge in [-0.1, -0.05) is 37.3 Å². The maximum absolute atomic E-state index is 14.1. The van der Waals surface area contributed by atoms with Crippen LogP contribution in [0.2, 0.25) is 0 Å². The third-order valence-electron chi connectivity index (χ3n) is 5.53. The number of amides is 1. The Labute approximate surface area is 191 Å². The number of nitrogens with one attached hydrogen (secondary N) is 1. The zero-order valence-electron chi connectivity index (χ0n) is 17.8. The van der Waals surface area contributed by atoms with Crippen LogP contribution >= 0.6 is 11.3 Å². The molecule has 0 saturated carbocycles. The molecule has 1 unspecified atom stereocenters. The van der Waals surface area contributed by atoms with Crippen LogP contribution in [0.1, 0.15) is 35.6 Å². The lowest BCUT2D eigenvalue weighted by Gasteiger charge is -2.25. The summed E-state index contributed by atoms with van der Waals surface area (Å²) in [7, 11) is 0. The number of nitrogens with zero attached hydrogens (tertiary/aromatic N) is 1. The van der Waals surface area contributed by atoms with Crippen molar-refractivity contribution in [1.29, 1.82) is 0 Å². The molecule has 170 valence electrons. The van der Waals surface area contributed by atoms with Gasteiger partial charge >= 0.3 is 5.97 Å². The van der Waals surface area contributed by atoms with Gasteiger partial charge in [0.15, 0.2) is 11.6 Å². The highest BCUT2D eigenvalue weighted by atomic mass is 32.1. The van der Waals surface area contributed by atoms with E-state index >= 15 is 0 Å². The number of fused-ring (bicyclic) bond motifs is 2. The Morgan fingerprint density at radius 3 is 2.64 bits per heavy atom. The Bertz CT molecular complexity index is 1390. The second kappa shape index (κ2) is 8.74. The first-order valence-corrected chi connectivity index (χ1v) is 11.0. The molecule has 1 aromatic heterocycles. The largest absolute Gasteiger partial charge is 0.485 e. The number of aliphatic carboxylic acids is 1. The van der Waals surface area contributed by atoms with Gasteiger partial charge in [0.1, 0.15) is 22.9 Å².